The van der Waals surface area contributed by atoms with Crippen molar-refractivity contribution in [3.05, 3.63) is 47.6 Å². The highest BCUT2D eigenvalue weighted by Gasteiger charge is 2.20. The van der Waals surface area contributed by atoms with Crippen molar-refractivity contribution < 1.29 is 0 Å². The van der Waals surface area contributed by atoms with Gasteiger partial charge in [-0.1, -0.05) is 50.3 Å². The third-order valence-electron chi connectivity index (χ3n) is 2.41. The quantitative estimate of drug-likeness (QED) is 0.571. The van der Waals surface area contributed by atoms with Crippen LogP contribution in [-0.4, -0.2) is 0 Å². The van der Waals surface area contributed by atoms with Crippen LogP contribution in [0.5, 0.6) is 0 Å². The van der Waals surface area contributed by atoms with Gasteiger partial charge in [-0.3, -0.25) is 0 Å². The lowest BCUT2D eigenvalue weighted by Gasteiger charge is -2.27. The topological polar surface area (TPSA) is 0 Å². The lowest BCUT2D eigenvalue weighted by Crippen LogP contribution is -2.13. The maximum atomic E-state index is 4.05. The zero-order chi connectivity index (χ0) is 10.8. The van der Waals surface area contributed by atoms with Gasteiger partial charge in [-0.2, -0.15) is 0 Å². The number of hydrogen-bond donors (Lipinski definition) is 0. The number of rotatable bonds is 1. The van der Waals surface area contributed by atoms with E-state index in [1.165, 1.54) is 11.1 Å². The van der Waals surface area contributed by atoms with E-state index in [0.717, 1.165) is 12.0 Å². The largest absolute Gasteiger partial charge is 0.0915 e. The van der Waals surface area contributed by atoms with Gasteiger partial charge >= 0.3 is 0 Å². The van der Waals surface area contributed by atoms with Crippen LogP contribution in [0.1, 0.15) is 34.1 Å². The van der Waals surface area contributed by atoms with Crippen molar-refractivity contribution >= 4 is 0 Å². The highest BCUT2D eigenvalue weighted by atomic mass is 14.2. The van der Waals surface area contributed by atoms with Crippen LogP contribution in [0.4, 0.5) is 0 Å². The van der Waals surface area contributed by atoms with Crippen molar-refractivity contribution in [1.82, 2.24) is 0 Å². The zero-order valence-corrected chi connectivity index (χ0v) is 9.72. The summed E-state index contributed by atoms with van der Waals surface area (Å²) in [5, 5.41) is 0. The van der Waals surface area contributed by atoms with E-state index in [1.807, 2.05) is 0 Å². The molecule has 0 saturated carbocycles. The van der Waals surface area contributed by atoms with E-state index >= 15 is 0 Å². The zero-order valence-electron chi connectivity index (χ0n) is 9.72. The van der Waals surface area contributed by atoms with Gasteiger partial charge in [0.15, 0.2) is 0 Å². The minimum absolute atomic E-state index is 0.280. The first-order chi connectivity index (χ1) is 6.41. The molecule has 0 heteroatoms. The second-order valence-electron chi connectivity index (χ2n) is 4.96. The van der Waals surface area contributed by atoms with Gasteiger partial charge in [0.2, 0.25) is 0 Å². The lowest BCUT2D eigenvalue weighted by molar-refractivity contribution is 0.470. The molecule has 0 aliphatic heterocycles. The molecule has 0 aromatic rings. The fraction of sp³-hybridized carbons (Fsp3) is 0.429. The summed E-state index contributed by atoms with van der Waals surface area (Å²) in [7, 11) is 0. The van der Waals surface area contributed by atoms with Crippen molar-refractivity contribution in [1.29, 1.82) is 0 Å². The van der Waals surface area contributed by atoms with Gasteiger partial charge < -0.3 is 0 Å². The van der Waals surface area contributed by atoms with Gasteiger partial charge in [-0.05, 0) is 36.8 Å². The predicted molar refractivity (Wildman–Crippen MR) is 64.2 cm³/mol. The number of hydrogen-bond acceptors (Lipinski definition) is 0. The lowest BCUT2D eigenvalue weighted by atomic mass is 9.78. The first-order valence-electron chi connectivity index (χ1n) is 5.13. The average Bonchev–Trinajstić information content (AvgIpc) is 2.06. The number of allylic oxidation sites excluding steroid dienone is 7. The van der Waals surface area contributed by atoms with Gasteiger partial charge in [0.1, 0.15) is 0 Å². The summed E-state index contributed by atoms with van der Waals surface area (Å²) >= 11 is 0. The third-order valence-corrected chi connectivity index (χ3v) is 2.41. The molecule has 0 aromatic carbocycles. The first-order valence-corrected chi connectivity index (χ1v) is 5.13. The van der Waals surface area contributed by atoms with E-state index in [9.17, 15) is 0 Å². The third kappa shape index (κ3) is 3.02. The van der Waals surface area contributed by atoms with Gasteiger partial charge in [0.05, 0.1) is 0 Å². The van der Waals surface area contributed by atoms with E-state index in [4.69, 9.17) is 0 Å². The minimum atomic E-state index is 0.280. The van der Waals surface area contributed by atoms with Gasteiger partial charge in [-0.15, -0.1) is 0 Å². The SMILES string of the molecule is C=C1C=CC(C)(C)C/C1=C/C=C(C)C. The predicted octanol–water partition coefficient (Wildman–Crippen LogP) is 4.42. The molecule has 0 atom stereocenters. The second-order valence-corrected chi connectivity index (χ2v) is 4.96. The molecule has 0 spiro atoms. The van der Waals surface area contributed by atoms with Crippen LogP contribution in [0.3, 0.4) is 0 Å². The van der Waals surface area contributed by atoms with Crippen LogP contribution in [0.25, 0.3) is 0 Å². The minimum Gasteiger partial charge on any atom is -0.0915 e. The first kappa shape index (κ1) is 11.0. The fourth-order valence-electron chi connectivity index (χ4n) is 1.53. The Balaban J connectivity index is 2.92. The second kappa shape index (κ2) is 4.00. The van der Waals surface area contributed by atoms with E-state index in [2.05, 4.69) is 58.6 Å². The summed E-state index contributed by atoms with van der Waals surface area (Å²) in [6.07, 6.45) is 9.83. The van der Waals surface area contributed by atoms with Crippen LogP contribution in [0.2, 0.25) is 0 Å². The van der Waals surface area contributed by atoms with Crippen LogP contribution >= 0.6 is 0 Å². The molecular weight excluding hydrogens is 168 g/mol. The molecule has 0 fully saturated rings. The molecule has 0 bridgehead atoms. The van der Waals surface area contributed by atoms with E-state index < -0.39 is 0 Å². The summed E-state index contributed by atoms with van der Waals surface area (Å²) in [4.78, 5) is 0. The Morgan fingerprint density at radius 3 is 2.64 bits per heavy atom. The highest BCUT2D eigenvalue weighted by molar-refractivity contribution is 5.44. The maximum Gasteiger partial charge on any atom is -0.0131 e. The van der Waals surface area contributed by atoms with Crippen molar-refractivity contribution in [2.24, 2.45) is 5.41 Å². The Morgan fingerprint density at radius 1 is 1.43 bits per heavy atom. The molecule has 0 nitrogen and oxygen atoms in total. The Bertz CT molecular complexity index is 318. The van der Waals surface area contributed by atoms with Gasteiger partial charge in [-0.25, -0.2) is 0 Å². The molecule has 0 N–H and O–H groups in total. The highest BCUT2D eigenvalue weighted by Crippen LogP contribution is 2.35. The average molecular weight is 188 g/mol. The molecule has 0 saturated heterocycles. The summed E-state index contributed by atoms with van der Waals surface area (Å²) in [6, 6.07) is 0. The molecule has 0 unspecified atom stereocenters. The summed E-state index contributed by atoms with van der Waals surface area (Å²) in [6.45, 7) is 12.8. The Hall–Kier alpha value is -1.04. The Labute approximate surface area is 87.7 Å². The monoisotopic (exact) mass is 188 g/mol. The molecular formula is C14H20. The van der Waals surface area contributed by atoms with Crippen LogP contribution < -0.4 is 0 Å². The Kier molecular flexibility index (Phi) is 3.15. The van der Waals surface area contributed by atoms with Crippen LogP contribution in [-0.2, 0) is 0 Å². The van der Waals surface area contributed by atoms with Crippen LogP contribution in [0.15, 0.2) is 47.6 Å². The summed E-state index contributed by atoms with van der Waals surface area (Å²) in [5.41, 5.74) is 4.13. The van der Waals surface area contributed by atoms with E-state index in [0.29, 0.717) is 0 Å². The summed E-state index contributed by atoms with van der Waals surface area (Å²) in [5.74, 6) is 0. The molecule has 0 amide bonds. The van der Waals surface area contributed by atoms with Gasteiger partial charge in [0.25, 0.3) is 0 Å². The standard InChI is InChI=1S/C14H20/c1-11(2)6-7-13-10-14(4,5)9-8-12(13)3/h6-9H,3,10H2,1-2,4-5H3/b13-7-. The summed E-state index contributed by atoms with van der Waals surface area (Å²) < 4.78 is 0. The van der Waals surface area contributed by atoms with Crippen molar-refractivity contribution in [3.8, 4) is 0 Å². The van der Waals surface area contributed by atoms with Crippen LogP contribution in [0, 0.1) is 5.41 Å². The van der Waals surface area contributed by atoms with Gasteiger partial charge in [0, 0.05) is 0 Å². The Morgan fingerprint density at radius 2 is 2.07 bits per heavy atom. The molecule has 0 heterocycles. The van der Waals surface area contributed by atoms with E-state index in [-0.39, 0.29) is 5.41 Å². The smallest absolute Gasteiger partial charge is 0.0131 e. The molecule has 1 rings (SSSR count). The van der Waals surface area contributed by atoms with Crippen molar-refractivity contribution in [2.75, 3.05) is 0 Å². The normalized spacial score (nSPS) is 22.6. The molecule has 0 radical (unpaired) electrons. The van der Waals surface area contributed by atoms with E-state index in [1.54, 1.807) is 0 Å². The molecule has 14 heavy (non-hydrogen) atoms. The van der Waals surface area contributed by atoms with Crippen molar-refractivity contribution in [3.63, 3.8) is 0 Å². The maximum absolute atomic E-state index is 4.05. The van der Waals surface area contributed by atoms with Crippen molar-refractivity contribution in [2.45, 2.75) is 34.1 Å². The molecule has 0 aromatic heterocycles. The molecule has 1 aliphatic carbocycles. The molecule has 1 aliphatic rings. The fourth-order valence-corrected chi connectivity index (χ4v) is 1.53. The molecule has 76 valence electrons.